The minimum atomic E-state index is -5.08. The van der Waals surface area contributed by atoms with Gasteiger partial charge in [-0.15, -0.1) is 0 Å². The zero-order valence-corrected chi connectivity index (χ0v) is 16.7. The quantitative estimate of drug-likeness (QED) is 0.228. The van der Waals surface area contributed by atoms with Gasteiger partial charge in [-0.2, -0.15) is 17.2 Å². The van der Waals surface area contributed by atoms with Gasteiger partial charge in [-0.05, 0) is 25.2 Å². The molecule has 0 saturated heterocycles. The number of esters is 1. The van der Waals surface area contributed by atoms with Crippen molar-refractivity contribution in [2.24, 2.45) is 10.8 Å². The summed E-state index contributed by atoms with van der Waals surface area (Å²) in [5.74, 6) is -11.5. The molecule has 0 aromatic heterocycles. The molecule has 0 aliphatic heterocycles. The van der Waals surface area contributed by atoms with Crippen LogP contribution in [0.5, 0.6) is 5.75 Å². The van der Waals surface area contributed by atoms with Crippen LogP contribution in [0.25, 0.3) is 0 Å². The molecule has 5 nitrogen and oxygen atoms in total. The van der Waals surface area contributed by atoms with Gasteiger partial charge in [-0.25, -0.2) is 8.78 Å². The Morgan fingerprint density at radius 3 is 1.74 bits per heavy atom. The molecule has 1 unspecified atom stereocenters. The minimum Gasteiger partial charge on any atom is -0.420 e. The molecular weight excluding hydrogens is 392 g/mol. The van der Waals surface area contributed by atoms with Gasteiger partial charge in [0, 0.05) is 0 Å². The Morgan fingerprint density at radius 2 is 1.41 bits per heavy atom. The van der Waals surface area contributed by atoms with Gasteiger partial charge in [-0.1, -0.05) is 27.7 Å². The molecule has 0 aliphatic carbocycles. The number of ether oxygens (including phenoxy) is 1. The Kier molecular flexibility index (Phi) is 6.70. The number of rotatable bonds is 6. The number of halogens is 4. The van der Waals surface area contributed by atoms with E-state index in [2.05, 4.69) is 8.92 Å². The molecule has 0 bridgehead atoms. The number of carbonyl (C=O) groups is 1. The number of hydrogen-bond donors (Lipinski definition) is 0. The first kappa shape index (κ1) is 23.4. The third kappa shape index (κ3) is 4.78. The summed E-state index contributed by atoms with van der Waals surface area (Å²) in [7, 11) is -4.51. The fraction of sp³-hybridized carbons (Fsp3) is 0.588. The topological polar surface area (TPSA) is 69.7 Å². The van der Waals surface area contributed by atoms with Crippen molar-refractivity contribution in [2.75, 3.05) is 7.11 Å². The zero-order valence-electron chi connectivity index (χ0n) is 15.9. The summed E-state index contributed by atoms with van der Waals surface area (Å²) < 4.78 is 88.0. The largest absolute Gasteiger partial charge is 0.420 e. The highest BCUT2D eigenvalue weighted by Gasteiger charge is 2.40. The van der Waals surface area contributed by atoms with Crippen LogP contribution < -0.4 is 4.74 Å². The number of carbonyl (C=O) groups excluding carboxylic acids is 1. The molecule has 1 aromatic carbocycles. The highest BCUT2D eigenvalue weighted by atomic mass is 32.2. The molecule has 154 valence electrons. The second kappa shape index (κ2) is 7.75. The lowest BCUT2D eigenvalue weighted by molar-refractivity contribution is -0.147. The van der Waals surface area contributed by atoms with Crippen molar-refractivity contribution in [1.29, 1.82) is 0 Å². The third-order valence-corrected chi connectivity index (χ3v) is 5.34. The van der Waals surface area contributed by atoms with E-state index in [0.717, 1.165) is 0 Å². The predicted molar refractivity (Wildman–Crippen MR) is 88.6 cm³/mol. The lowest BCUT2D eigenvalue weighted by atomic mass is 9.73. The first-order valence-electron chi connectivity index (χ1n) is 8.00. The highest BCUT2D eigenvalue weighted by molar-refractivity contribution is 7.86. The molecule has 10 heteroatoms. The van der Waals surface area contributed by atoms with Crippen LogP contribution in [0, 0.1) is 34.1 Å². The fourth-order valence-corrected chi connectivity index (χ4v) is 3.50. The normalized spacial score (nSPS) is 14.7. The summed E-state index contributed by atoms with van der Waals surface area (Å²) in [5.41, 5.74) is -1.55. The van der Waals surface area contributed by atoms with Gasteiger partial charge in [0.1, 0.15) is 0 Å². The number of hydrogen-bond acceptors (Lipinski definition) is 5. The van der Waals surface area contributed by atoms with E-state index in [1.54, 1.807) is 6.92 Å². The smallest absolute Gasteiger partial charge is 0.317 e. The van der Waals surface area contributed by atoms with Crippen LogP contribution in [0.4, 0.5) is 17.6 Å². The van der Waals surface area contributed by atoms with E-state index < -0.39 is 55.4 Å². The standard InChI is InChI=1S/C17H22F4O5S/c1-7-17(5,8-16(2,3)4)15(22)26-13-9(18)11(20)14(12(21)10(13)19)27(23,24)25-6/h7-8H2,1-6H3. The van der Waals surface area contributed by atoms with E-state index in [1.807, 2.05) is 20.8 Å². The lowest BCUT2D eigenvalue weighted by Crippen LogP contribution is -2.35. The monoisotopic (exact) mass is 414 g/mol. The third-order valence-electron chi connectivity index (χ3n) is 4.04. The predicted octanol–water partition coefficient (Wildman–Crippen LogP) is 4.34. The van der Waals surface area contributed by atoms with Crippen LogP contribution in [0.1, 0.15) is 47.5 Å². The van der Waals surface area contributed by atoms with E-state index in [4.69, 9.17) is 0 Å². The summed E-state index contributed by atoms with van der Waals surface area (Å²) in [6.07, 6.45) is 0.493. The van der Waals surface area contributed by atoms with Crippen molar-refractivity contribution in [1.82, 2.24) is 0 Å². The van der Waals surface area contributed by atoms with Crippen LogP contribution >= 0.6 is 0 Å². The van der Waals surface area contributed by atoms with E-state index in [-0.39, 0.29) is 18.3 Å². The van der Waals surface area contributed by atoms with Crippen molar-refractivity contribution < 1.29 is 39.7 Å². The van der Waals surface area contributed by atoms with Gasteiger partial charge in [-0.3, -0.25) is 8.98 Å². The Bertz CT molecular complexity index is 817. The average Bonchev–Trinajstić information content (AvgIpc) is 2.55. The zero-order chi connectivity index (χ0) is 21.4. The minimum absolute atomic E-state index is 0.230. The van der Waals surface area contributed by atoms with E-state index in [1.165, 1.54) is 6.92 Å². The average molecular weight is 414 g/mol. The molecule has 0 amide bonds. The van der Waals surface area contributed by atoms with E-state index >= 15 is 0 Å². The summed E-state index contributed by atoms with van der Waals surface area (Å²) in [6, 6.07) is 0. The van der Waals surface area contributed by atoms with Gasteiger partial charge in [0.2, 0.25) is 17.4 Å². The highest BCUT2D eigenvalue weighted by Crippen LogP contribution is 2.39. The van der Waals surface area contributed by atoms with E-state index in [0.29, 0.717) is 7.11 Å². The molecule has 0 fully saturated rings. The first-order valence-corrected chi connectivity index (χ1v) is 9.41. The molecule has 0 aliphatic rings. The van der Waals surface area contributed by atoms with Crippen molar-refractivity contribution in [3.8, 4) is 5.75 Å². The van der Waals surface area contributed by atoms with Crippen LogP contribution in [0.15, 0.2) is 4.90 Å². The molecule has 0 radical (unpaired) electrons. The molecule has 27 heavy (non-hydrogen) atoms. The van der Waals surface area contributed by atoms with Gasteiger partial charge in [0.15, 0.2) is 16.5 Å². The molecule has 1 rings (SSSR count). The first-order chi connectivity index (χ1) is 12.1. The second-order valence-electron chi connectivity index (χ2n) is 7.58. The maximum atomic E-state index is 14.2. The molecule has 0 saturated carbocycles. The molecule has 1 aromatic rings. The van der Waals surface area contributed by atoms with Crippen LogP contribution in [-0.2, 0) is 19.1 Å². The molecule has 0 N–H and O–H groups in total. The summed E-state index contributed by atoms with van der Waals surface area (Å²) >= 11 is 0. The maximum absolute atomic E-state index is 14.2. The second-order valence-corrected chi connectivity index (χ2v) is 9.23. The van der Waals surface area contributed by atoms with Crippen molar-refractivity contribution in [2.45, 2.75) is 52.4 Å². The number of benzene rings is 1. The molecule has 0 spiro atoms. The van der Waals surface area contributed by atoms with Crippen LogP contribution in [-0.4, -0.2) is 21.5 Å². The van der Waals surface area contributed by atoms with E-state index in [9.17, 15) is 30.8 Å². The Balaban J connectivity index is 3.48. The SMILES string of the molecule is CCC(C)(CC(C)(C)C)C(=O)Oc1c(F)c(F)c(S(=O)(=O)OC)c(F)c1F. The van der Waals surface area contributed by atoms with Crippen molar-refractivity contribution >= 4 is 16.1 Å². The van der Waals surface area contributed by atoms with Gasteiger partial charge in [0.25, 0.3) is 0 Å². The Hall–Kier alpha value is -1.68. The van der Waals surface area contributed by atoms with Crippen molar-refractivity contribution in [3.63, 3.8) is 0 Å². The van der Waals surface area contributed by atoms with Gasteiger partial charge >= 0.3 is 16.1 Å². The van der Waals surface area contributed by atoms with Crippen LogP contribution in [0.2, 0.25) is 0 Å². The summed E-state index contributed by atoms with van der Waals surface area (Å²) in [4.78, 5) is 10.5. The summed E-state index contributed by atoms with van der Waals surface area (Å²) in [5, 5.41) is 0. The molecule has 0 heterocycles. The molecular formula is C17H22F4O5S. The summed E-state index contributed by atoms with van der Waals surface area (Å²) in [6.45, 7) is 8.64. The van der Waals surface area contributed by atoms with Crippen LogP contribution in [0.3, 0.4) is 0 Å². The maximum Gasteiger partial charge on any atom is 0.317 e. The van der Waals surface area contributed by atoms with Gasteiger partial charge in [0.05, 0.1) is 12.5 Å². The Morgan fingerprint density at radius 1 is 0.963 bits per heavy atom. The fourth-order valence-electron chi connectivity index (χ4n) is 2.71. The lowest BCUT2D eigenvalue weighted by Gasteiger charge is -2.32. The Labute approximate surface area is 155 Å². The molecule has 1 atom stereocenters. The van der Waals surface area contributed by atoms with Crippen molar-refractivity contribution in [3.05, 3.63) is 23.3 Å². The van der Waals surface area contributed by atoms with Gasteiger partial charge < -0.3 is 4.74 Å².